The van der Waals surface area contributed by atoms with Gasteiger partial charge in [-0.25, -0.2) is 13.2 Å². The molecule has 0 aliphatic carbocycles. The number of rotatable bonds is 11. The van der Waals surface area contributed by atoms with Crippen molar-refractivity contribution in [3.63, 3.8) is 0 Å². The van der Waals surface area contributed by atoms with Crippen LogP contribution in [0.2, 0.25) is 0 Å². The Kier molecular flexibility index (Phi) is 9.56. The quantitative estimate of drug-likeness (QED) is 0.202. The van der Waals surface area contributed by atoms with Gasteiger partial charge in [0.05, 0.1) is 21.4 Å². The molecular weight excluding hydrogens is 564 g/mol. The number of primary amides is 1. The number of carbonyl (C=O) groups is 2. The third-order valence-electron chi connectivity index (χ3n) is 7.13. The van der Waals surface area contributed by atoms with Crippen LogP contribution < -0.4 is 10.5 Å². The first-order valence-corrected chi connectivity index (χ1v) is 15.4. The Bertz CT molecular complexity index is 1670. The molecule has 4 aromatic rings. The molecule has 4 aromatic carbocycles. The molecule has 0 radical (unpaired) electrons. The van der Waals surface area contributed by atoms with Crippen molar-refractivity contribution < 1.29 is 27.9 Å². The number of nitrogens with two attached hydrogens (primary N) is 1. The molecule has 9 heteroatoms. The summed E-state index contributed by atoms with van der Waals surface area (Å²) >= 11 is 0. The monoisotopic (exact) mass is 600 g/mol. The maximum atomic E-state index is 13.4. The van der Waals surface area contributed by atoms with Crippen LogP contribution in [0.5, 0.6) is 5.75 Å². The van der Waals surface area contributed by atoms with Gasteiger partial charge in [-0.05, 0) is 58.9 Å². The minimum atomic E-state index is -3.98. The zero-order valence-corrected chi connectivity index (χ0v) is 25.3. The van der Waals surface area contributed by atoms with Gasteiger partial charge in [0.15, 0.2) is 0 Å². The highest BCUT2D eigenvalue weighted by molar-refractivity contribution is 7.91. The predicted octanol–water partition coefficient (Wildman–Crippen LogP) is 6.51. The molecule has 0 aromatic heterocycles. The normalized spacial score (nSPS) is 12.3. The predicted molar refractivity (Wildman–Crippen MR) is 165 cm³/mol. The summed E-state index contributed by atoms with van der Waals surface area (Å²) in [5, 5.41) is 10.1. The van der Waals surface area contributed by atoms with E-state index in [-0.39, 0.29) is 45.7 Å². The third kappa shape index (κ3) is 7.61. The molecule has 2 amide bonds. The fraction of sp³-hybridized carbons (Fsp3) is 0.235. The van der Waals surface area contributed by atoms with Crippen molar-refractivity contribution in [3.8, 4) is 5.75 Å². The third-order valence-corrected chi connectivity index (χ3v) is 8.90. The highest BCUT2D eigenvalue weighted by atomic mass is 32.2. The summed E-state index contributed by atoms with van der Waals surface area (Å²) in [5.74, 6) is -0.611. The summed E-state index contributed by atoms with van der Waals surface area (Å²) in [6.07, 6.45) is -0.630. The van der Waals surface area contributed by atoms with Crippen LogP contribution in [0.15, 0.2) is 113 Å². The maximum Gasteiger partial charge on any atom is 0.407 e. The summed E-state index contributed by atoms with van der Waals surface area (Å²) in [6.45, 7) is 6.43. The van der Waals surface area contributed by atoms with Gasteiger partial charge in [-0.1, -0.05) is 93.6 Å². The summed E-state index contributed by atoms with van der Waals surface area (Å²) in [4.78, 5) is 25.9. The van der Waals surface area contributed by atoms with Crippen LogP contribution in [0, 0.1) is 5.41 Å². The highest BCUT2D eigenvalue weighted by Gasteiger charge is 2.34. The van der Waals surface area contributed by atoms with Gasteiger partial charge >= 0.3 is 6.09 Å². The number of carboxylic acid groups (broad SMARTS) is 1. The average molecular weight is 601 g/mol. The van der Waals surface area contributed by atoms with Crippen molar-refractivity contribution in [2.45, 2.75) is 49.6 Å². The number of nitrogens with zero attached hydrogens (tertiary/aromatic N) is 1. The van der Waals surface area contributed by atoms with Crippen LogP contribution in [0.1, 0.15) is 53.9 Å². The smallest absolute Gasteiger partial charge is 0.407 e. The van der Waals surface area contributed by atoms with E-state index in [4.69, 9.17) is 10.5 Å². The van der Waals surface area contributed by atoms with E-state index in [1.807, 2.05) is 81.4 Å². The van der Waals surface area contributed by atoms with E-state index in [9.17, 15) is 23.1 Å². The molecule has 0 aliphatic heterocycles. The largest absolute Gasteiger partial charge is 0.488 e. The summed E-state index contributed by atoms with van der Waals surface area (Å²) in [5.41, 5.74) is 7.75. The van der Waals surface area contributed by atoms with Crippen LogP contribution in [0.4, 0.5) is 4.79 Å². The second-order valence-corrected chi connectivity index (χ2v) is 13.3. The van der Waals surface area contributed by atoms with Crippen molar-refractivity contribution in [2.24, 2.45) is 11.1 Å². The van der Waals surface area contributed by atoms with E-state index in [1.165, 1.54) is 35.2 Å². The van der Waals surface area contributed by atoms with Crippen molar-refractivity contribution in [3.05, 3.63) is 125 Å². The van der Waals surface area contributed by atoms with E-state index < -0.39 is 21.8 Å². The fourth-order valence-electron chi connectivity index (χ4n) is 5.07. The van der Waals surface area contributed by atoms with Crippen molar-refractivity contribution in [1.29, 1.82) is 0 Å². The Hall–Kier alpha value is -4.63. The molecule has 3 N–H and O–H groups in total. The number of carbonyl (C=O) groups excluding carboxylic acids is 1. The van der Waals surface area contributed by atoms with Gasteiger partial charge in [-0.15, -0.1) is 0 Å². The first-order chi connectivity index (χ1) is 20.4. The molecule has 0 fully saturated rings. The lowest BCUT2D eigenvalue weighted by molar-refractivity contribution is 0.0824. The van der Waals surface area contributed by atoms with E-state index in [0.717, 1.165) is 16.7 Å². The zero-order chi connectivity index (χ0) is 31.2. The van der Waals surface area contributed by atoms with Gasteiger partial charge < -0.3 is 20.5 Å². The van der Waals surface area contributed by atoms with Gasteiger partial charge in [-0.2, -0.15) is 0 Å². The number of ether oxygens (including phenoxy) is 1. The standard InChI is InChI=1S/C34H36N2O6S/c1-34(2,3)31(26-12-8-5-9-13-26)36(33(38)39)21-20-24-14-16-27(17-15-24)43(40,41)28-18-19-30(29(22-28)32(35)37)42-23-25-10-6-4-7-11-25/h4-19,22,31H,20-21,23H2,1-3H3,(H2,35,37)(H,38,39). The molecule has 1 atom stereocenters. The summed E-state index contributed by atoms with van der Waals surface area (Å²) in [6, 6.07) is 28.9. The van der Waals surface area contributed by atoms with Crippen LogP contribution in [0.25, 0.3) is 0 Å². The molecule has 0 bridgehead atoms. The zero-order valence-electron chi connectivity index (χ0n) is 24.4. The number of hydrogen-bond donors (Lipinski definition) is 2. The number of hydrogen-bond acceptors (Lipinski definition) is 5. The summed E-state index contributed by atoms with van der Waals surface area (Å²) < 4.78 is 32.6. The van der Waals surface area contributed by atoms with E-state index >= 15 is 0 Å². The van der Waals surface area contributed by atoms with Crippen LogP contribution in [0.3, 0.4) is 0 Å². The molecule has 4 rings (SSSR count). The molecular formula is C34H36N2O6S. The Morgan fingerprint density at radius 2 is 1.42 bits per heavy atom. The Balaban J connectivity index is 1.51. The second kappa shape index (κ2) is 13.1. The lowest BCUT2D eigenvalue weighted by atomic mass is 9.81. The molecule has 224 valence electrons. The van der Waals surface area contributed by atoms with E-state index in [1.54, 1.807) is 12.1 Å². The Morgan fingerprint density at radius 1 is 0.837 bits per heavy atom. The topological polar surface area (TPSA) is 127 Å². The molecule has 1 unspecified atom stereocenters. The number of benzene rings is 4. The van der Waals surface area contributed by atoms with Crippen LogP contribution >= 0.6 is 0 Å². The van der Waals surface area contributed by atoms with E-state index in [2.05, 4.69) is 0 Å². The molecule has 0 saturated carbocycles. The minimum absolute atomic E-state index is 0.0331. The van der Waals surface area contributed by atoms with Gasteiger partial charge in [-0.3, -0.25) is 4.79 Å². The van der Waals surface area contributed by atoms with Crippen molar-refractivity contribution in [1.82, 2.24) is 4.90 Å². The Labute approximate surface area is 252 Å². The highest BCUT2D eigenvalue weighted by Crippen LogP contribution is 2.38. The number of sulfone groups is 1. The molecule has 0 heterocycles. The Morgan fingerprint density at radius 3 is 1.98 bits per heavy atom. The van der Waals surface area contributed by atoms with Gasteiger partial charge in [0, 0.05) is 6.54 Å². The SMILES string of the molecule is CC(C)(C)C(c1ccccc1)N(CCc1ccc(S(=O)(=O)c2ccc(OCc3ccccc3)c(C(N)=O)c2)cc1)C(=O)O. The molecule has 0 aliphatic rings. The first-order valence-electron chi connectivity index (χ1n) is 13.9. The van der Waals surface area contributed by atoms with Gasteiger partial charge in [0.2, 0.25) is 9.84 Å². The fourth-order valence-corrected chi connectivity index (χ4v) is 6.36. The lowest BCUT2D eigenvalue weighted by Gasteiger charge is -2.39. The first kappa shape index (κ1) is 31.3. The van der Waals surface area contributed by atoms with E-state index in [0.29, 0.717) is 6.42 Å². The van der Waals surface area contributed by atoms with Crippen LogP contribution in [-0.2, 0) is 22.9 Å². The lowest BCUT2D eigenvalue weighted by Crippen LogP contribution is -2.41. The van der Waals surface area contributed by atoms with Crippen LogP contribution in [-0.4, -0.2) is 37.0 Å². The molecule has 0 saturated heterocycles. The van der Waals surface area contributed by atoms with Crippen molar-refractivity contribution in [2.75, 3.05) is 6.54 Å². The minimum Gasteiger partial charge on any atom is -0.488 e. The maximum absolute atomic E-state index is 13.4. The van der Waals surface area contributed by atoms with Crippen molar-refractivity contribution >= 4 is 21.8 Å². The number of amides is 2. The second-order valence-electron chi connectivity index (χ2n) is 11.3. The molecule has 8 nitrogen and oxygen atoms in total. The van der Waals surface area contributed by atoms with Gasteiger partial charge in [0.1, 0.15) is 12.4 Å². The van der Waals surface area contributed by atoms with Gasteiger partial charge in [0.25, 0.3) is 5.91 Å². The average Bonchev–Trinajstić information content (AvgIpc) is 2.98. The molecule has 43 heavy (non-hydrogen) atoms. The molecule has 0 spiro atoms. The summed E-state index contributed by atoms with van der Waals surface area (Å²) in [7, 11) is -3.98.